The first-order chi connectivity index (χ1) is 10.7. The van der Waals surface area contributed by atoms with Crippen molar-refractivity contribution >= 4 is 0 Å². The number of ether oxygens (including phenoxy) is 1. The Labute approximate surface area is 123 Å². The molecule has 3 aromatic rings. The Morgan fingerprint density at radius 2 is 1.91 bits per heavy atom. The van der Waals surface area contributed by atoms with Gasteiger partial charge in [0.15, 0.2) is 0 Å². The number of pyridine rings is 2. The highest BCUT2D eigenvalue weighted by atomic mass is 19.3. The highest BCUT2D eigenvalue weighted by Gasteiger charge is 2.17. The Bertz CT molecular complexity index is 732. The number of rotatable bonds is 5. The predicted molar refractivity (Wildman–Crippen MR) is 71.1 cm³/mol. The summed E-state index contributed by atoms with van der Waals surface area (Å²) in [5.41, 5.74) is 1.14. The van der Waals surface area contributed by atoms with Crippen LogP contribution >= 0.6 is 0 Å². The second kappa shape index (κ2) is 6.25. The molecule has 0 aromatic carbocycles. The fourth-order valence-electron chi connectivity index (χ4n) is 1.67. The van der Waals surface area contributed by atoms with Gasteiger partial charge < -0.3 is 9.15 Å². The summed E-state index contributed by atoms with van der Waals surface area (Å²) in [6.45, 7) is 0.274. The maximum atomic E-state index is 12.4. The van der Waals surface area contributed by atoms with E-state index in [0.29, 0.717) is 17.0 Å². The lowest BCUT2D eigenvalue weighted by Crippen LogP contribution is -1.98. The third-order valence-corrected chi connectivity index (χ3v) is 2.74. The minimum atomic E-state index is -2.79. The monoisotopic (exact) mass is 304 g/mol. The molecule has 6 nitrogen and oxygen atoms in total. The standard InChI is InChI=1S/C14H10F2N4O2/c15-12(16)14-20-19-13(22-14)9-1-2-10(18-7-9)8-21-11-3-5-17-6-4-11/h1-7,12H,8H2. The SMILES string of the molecule is FC(F)c1nnc(-c2ccc(COc3ccncc3)nc2)o1. The third kappa shape index (κ3) is 3.22. The van der Waals surface area contributed by atoms with Crippen LogP contribution < -0.4 is 4.74 Å². The number of alkyl halides is 2. The molecule has 0 spiro atoms. The molecule has 22 heavy (non-hydrogen) atoms. The molecule has 0 bridgehead atoms. The highest BCUT2D eigenvalue weighted by Crippen LogP contribution is 2.22. The average Bonchev–Trinajstić information content (AvgIpc) is 3.05. The molecule has 0 radical (unpaired) electrons. The fourth-order valence-corrected chi connectivity index (χ4v) is 1.67. The summed E-state index contributed by atoms with van der Waals surface area (Å²) in [4.78, 5) is 8.06. The van der Waals surface area contributed by atoms with Gasteiger partial charge in [-0.2, -0.15) is 8.78 Å². The molecule has 0 unspecified atom stereocenters. The van der Waals surface area contributed by atoms with E-state index in [2.05, 4.69) is 20.2 Å². The molecule has 0 aliphatic carbocycles. The molecule has 0 amide bonds. The number of hydrogen-bond acceptors (Lipinski definition) is 6. The van der Waals surface area contributed by atoms with Crippen molar-refractivity contribution in [2.45, 2.75) is 13.0 Å². The van der Waals surface area contributed by atoms with E-state index in [-0.39, 0.29) is 12.5 Å². The topological polar surface area (TPSA) is 73.9 Å². The van der Waals surface area contributed by atoms with Gasteiger partial charge in [-0.25, -0.2) is 0 Å². The highest BCUT2D eigenvalue weighted by molar-refractivity contribution is 5.50. The van der Waals surface area contributed by atoms with E-state index in [9.17, 15) is 8.78 Å². The zero-order valence-electron chi connectivity index (χ0n) is 11.2. The Kier molecular flexibility index (Phi) is 3.99. The van der Waals surface area contributed by atoms with Crippen LogP contribution in [0.25, 0.3) is 11.5 Å². The van der Waals surface area contributed by atoms with Gasteiger partial charge in [0, 0.05) is 18.6 Å². The Balaban J connectivity index is 1.67. The summed E-state index contributed by atoms with van der Waals surface area (Å²) in [7, 11) is 0. The van der Waals surface area contributed by atoms with Gasteiger partial charge >= 0.3 is 6.43 Å². The molecule has 0 atom stereocenters. The van der Waals surface area contributed by atoms with Crippen molar-refractivity contribution in [3.05, 3.63) is 54.4 Å². The van der Waals surface area contributed by atoms with Crippen LogP contribution in [0.1, 0.15) is 18.0 Å². The molecule has 0 saturated heterocycles. The second-order valence-corrected chi connectivity index (χ2v) is 4.26. The van der Waals surface area contributed by atoms with Crippen molar-refractivity contribution in [2.75, 3.05) is 0 Å². The van der Waals surface area contributed by atoms with E-state index >= 15 is 0 Å². The Morgan fingerprint density at radius 3 is 2.55 bits per heavy atom. The lowest BCUT2D eigenvalue weighted by molar-refractivity contribution is 0.116. The van der Waals surface area contributed by atoms with Crippen molar-refractivity contribution in [3.8, 4) is 17.2 Å². The lowest BCUT2D eigenvalue weighted by Gasteiger charge is -2.05. The molecule has 3 aromatic heterocycles. The fraction of sp³-hybridized carbons (Fsp3) is 0.143. The number of hydrogen-bond donors (Lipinski definition) is 0. The first kappa shape index (κ1) is 14.1. The third-order valence-electron chi connectivity index (χ3n) is 2.74. The van der Waals surface area contributed by atoms with Crippen LogP contribution in [0, 0.1) is 0 Å². The van der Waals surface area contributed by atoms with E-state index in [1.807, 2.05) is 0 Å². The predicted octanol–water partition coefficient (Wildman–Crippen LogP) is 3.04. The van der Waals surface area contributed by atoms with Crippen molar-refractivity contribution in [3.63, 3.8) is 0 Å². The molecule has 3 rings (SSSR count). The first-order valence-corrected chi connectivity index (χ1v) is 6.32. The van der Waals surface area contributed by atoms with Crippen LogP contribution in [0.3, 0.4) is 0 Å². The van der Waals surface area contributed by atoms with E-state index in [4.69, 9.17) is 9.15 Å². The molecule has 0 aliphatic rings. The molecule has 112 valence electrons. The average molecular weight is 304 g/mol. The summed E-state index contributed by atoms with van der Waals surface area (Å²) >= 11 is 0. The Morgan fingerprint density at radius 1 is 1.09 bits per heavy atom. The second-order valence-electron chi connectivity index (χ2n) is 4.26. The van der Waals surface area contributed by atoms with Crippen molar-refractivity contribution in [2.24, 2.45) is 0 Å². The molecule has 3 heterocycles. The summed E-state index contributed by atoms with van der Waals surface area (Å²) in [5.74, 6) is -0.0242. The number of nitrogens with zero attached hydrogens (tertiary/aromatic N) is 4. The van der Waals surface area contributed by atoms with Crippen LogP contribution in [0.5, 0.6) is 5.75 Å². The van der Waals surface area contributed by atoms with Crippen LogP contribution in [0.4, 0.5) is 8.78 Å². The Hall–Kier alpha value is -2.90. The molecule has 0 saturated carbocycles. The van der Waals surface area contributed by atoms with Gasteiger partial charge in [0.1, 0.15) is 12.4 Å². The number of halogens is 2. The number of aromatic nitrogens is 4. The minimum Gasteiger partial charge on any atom is -0.487 e. The van der Waals surface area contributed by atoms with E-state index in [1.54, 1.807) is 36.7 Å². The van der Waals surface area contributed by atoms with Gasteiger partial charge in [0.2, 0.25) is 5.89 Å². The van der Waals surface area contributed by atoms with Crippen molar-refractivity contribution in [1.82, 2.24) is 20.2 Å². The smallest absolute Gasteiger partial charge is 0.314 e. The van der Waals surface area contributed by atoms with E-state index < -0.39 is 12.3 Å². The van der Waals surface area contributed by atoms with Gasteiger partial charge in [-0.05, 0) is 24.3 Å². The molecular formula is C14H10F2N4O2. The van der Waals surface area contributed by atoms with E-state index in [1.165, 1.54) is 6.20 Å². The van der Waals surface area contributed by atoms with Gasteiger partial charge in [-0.3, -0.25) is 9.97 Å². The van der Waals surface area contributed by atoms with Gasteiger partial charge in [-0.15, -0.1) is 10.2 Å². The lowest BCUT2D eigenvalue weighted by atomic mass is 10.2. The molecule has 0 fully saturated rings. The normalized spacial score (nSPS) is 10.9. The maximum absolute atomic E-state index is 12.4. The summed E-state index contributed by atoms with van der Waals surface area (Å²) in [6.07, 6.45) is 1.93. The van der Waals surface area contributed by atoms with Gasteiger partial charge in [0.25, 0.3) is 5.89 Å². The van der Waals surface area contributed by atoms with Crippen LogP contribution in [0.2, 0.25) is 0 Å². The van der Waals surface area contributed by atoms with Crippen molar-refractivity contribution < 1.29 is 17.9 Å². The van der Waals surface area contributed by atoms with Crippen LogP contribution in [-0.4, -0.2) is 20.2 Å². The zero-order valence-corrected chi connectivity index (χ0v) is 11.2. The van der Waals surface area contributed by atoms with Gasteiger partial charge in [0.05, 0.1) is 11.3 Å². The summed E-state index contributed by atoms with van der Waals surface area (Å²) in [6, 6.07) is 6.82. The summed E-state index contributed by atoms with van der Waals surface area (Å²) in [5, 5.41) is 6.82. The maximum Gasteiger partial charge on any atom is 0.314 e. The minimum absolute atomic E-state index is 0.00408. The quantitative estimate of drug-likeness (QED) is 0.721. The van der Waals surface area contributed by atoms with Crippen LogP contribution in [-0.2, 0) is 6.61 Å². The molecule has 8 heteroatoms. The largest absolute Gasteiger partial charge is 0.487 e. The molecule has 0 aliphatic heterocycles. The van der Waals surface area contributed by atoms with Gasteiger partial charge in [-0.1, -0.05) is 0 Å². The van der Waals surface area contributed by atoms with E-state index in [0.717, 1.165) is 0 Å². The van der Waals surface area contributed by atoms with Crippen molar-refractivity contribution in [1.29, 1.82) is 0 Å². The molecular weight excluding hydrogens is 294 g/mol. The summed E-state index contributed by atoms with van der Waals surface area (Å²) < 4.78 is 35.1. The first-order valence-electron chi connectivity index (χ1n) is 6.32. The van der Waals surface area contributed by atoms with Crippen LogP contribution in [0.15, 0.2) is 47.3 Å². The zero-order chi connectivity index (χ0) is 15.4. The molecule has 0 N–H and O–H groups in total.